The summed E-state index contributed by atoms with van der Waals surface area (Å²) in [7, 11) is 0. The normalized spacial score (nSPS) is 10.7. The molecule has 10 heteroatoms. The Morgan fingerprint density at radius 3 is 2.56 bits per heavy atom. The van der Waals surface area contributed by atoms with Crippen LogP contribution >= 0.6 is 34.7 Å². The van der Waals surface area contributed by atoms with E-state index in [0.717, 1.165) is 11.3 Å². The fraction of sp³-hybridized carbons (Fsp3) is 0.235. The Morgan fingerprint density at radius 1 is 1.15 bits per heavy atom. The Morgan fingerprint density at radius 2 is 1.89 bits per heavy atom. The molecule has 1 aromatic heterocycles. The first kappa shape index (κ1) is 21.3. The summed E-state index contributed by atoms with van der Waals surface area (Å²) < 4.78 is 30.3. The number of ether oxygens (including phenoxy) is 1. The molecule has 0 aliphatic rings. The Kier molecular flexibility index (Phi) is 8.21. The summed E-state index contributed by atoms with van der Waals surface area (Å²) in [6.45, 7) is -0.578. The highest BCUT2D eigenvalue weighted by atomic mass is 35.5. The van der Waals surface area contributed by atoms with Gasteiger partial charge in [0.25, 0.3) is 11.7 Å². The van der Waals surface area contributed by atoms with Crippen molar-refractivity contribution in [3.05, 3.63) is 45.6 Å². The monoisotopic (exact) mass is 433 g/mol. The third-order valence-corrected chi connectivity index (χ3v) is 5.21. The predicted octanol–water partition coefficient (Wildman–Crippen LogP) is 4.86. The van der Waals surface area contributed by atoms with E-state index in [-0.39, 0.29) is 29.2 Å². The topological polar surface area (TPSA) is 72.5 Å². The van der Waals surface area contributed by atoms with Gasteiger partial charge < -0.3 is 10.1 Å². The number of para-hydroxylation sites is 1. The van der Waals surface area contributed by atoms with Crippen molar-refractivity contribution in [2.24, 2.45) is 0 Å². The van der Waals surface area contributed by atoms with Crippen LogP contribution in [0.5, 0.6) is 0 Å². The number of alkyl halides is 2. The first-order chi connectivity index (χ1) is 12.8. The molecular formula is C17H14ClF2NO4S2. The van der Waals surface area contributed by atoms with Crippen molar-refractivity contribution in [2.75, 3.05) is 11.9 Å². The first-order valence-electron chi connectivity index (χ1n) is 7.63. The Labute approximate surface area is 167 Å². The van der Waals surface area contributed by atoms with Gasteiger partial charge in [-0.2, -0.15) is 8.78 Å². The summed E-state index contributed by atoms with van der Waals surface area (Å²) in [6, 6.07) is 9.23. The Bertz CT molecular complexity index is 829. The molecule has 0 fully saturated rings. The van der Waals surface area contributed by atoms with Crippen LogP contribution in [0.4, 0.5) is 14.5 Å². The zero-order valence-corrected chi connectivity index (χ0v) is 16.1. The zero-order valence-electron chi connectivity index (χ0n) is 13.7. The van der Waals surface area contributed by atoms with Crippen LogP contribution in [0.2, 0.25) is 4.34 Å². The zero-order chi connectivity index (χ0) is 19.8. The molecule has 5 nitrogen and oxygen atoms in total. The van der Waals surface area contributed by atoms with Crippen molar-refractivity contribution < 1.29 is 27.9 Å². The number of thiophene rings is 1. The summed E-state index contributed by atoms with van der Waals surface area (Å²) in [5, 5.41) is 2.41. The summed E-state index contributed by atoms with van der Waals surface area (Å²) in [5.74, 6) is -4.25. The van der Waals surface area contributed by atoms with Gasteiger partial charge in [-0.15, -0.1) is 11.3 Å². The van der Waals surface area contributed by atoms with Crippen LogP contribution in [0.15, 0.2) is 41.3 Å². The Hall–Kier alpha value is -1.97. The second-order valence-electron chi connectivity index (χ2n) is 5.11. The lowest BCUT2D eigenvalue weighted by Crippen LogP contribution is -2.21. The molecule has 0 radical (unpaired) electrons. The van der Waals surface area contributed by atoms with Crippen molar-refractivity contribution in [2.45, 2.75) is 23.5 Å². The highest BCUT2D eigenvalue weighted by molar-refractivity contribution is 7.99. The average molecular weight is 434 g/mol. The van der Waals surface area contributed by atoms with E-state index in [9.17, 15) is 23.2 Å². The largest absolute Gasteiger partial charge is 0.456 e. The second kappa shape index (κ2) is 10.4. The van der Waals surface area contributed by atoms with Crippen LogP contribution in [0.1, 0.15) is 22.5 Å². The van der Waals surface area contributed by atoms with Crippen LogP contribution in [0.3, 0.4) is 0 Å². The lowest BCUT2D eigenvalue weighted by molar-refractivity contribution is -0.147. The number of hydrogen-bond acceptors (Lipinski definition) is 6. The fourth-order valence-electron chi connectivity index (χ4n) is 1.98. The number of hydrogen-bond donors (Lipinski definition) is 1. The van der Waals surface area contributed by atoms with E-state index in [4.69, 9.17) is 16.3 Å². The molecule has 0 spiro atoms. The average Bonchev–Trinajstić information content (AvgIpc) is 3.05. The number of halogens is 3. The molecule has 2 rings (SSSR count). The van der Waals surface area contributed by atoms with Crippen LogP contribution in [0, 0.1) is 0 Å². The molecule has 0 aliphatic heterocycles. The minimum Gasteiger partial charge on any atom is -0.456 e. The maximum absolute atomic E-state index is 12.5. The molecular weight excluding hydrogens is 420 g/mol. The lowest BCUT2D eigenvalue weighted by atomic mass is 10.2. The minimum atomic E-state index is -2.63. The number of anilines is 1. The van der Waals surface area contributed by atoms with Gasteiger partial charge in [-0.1, -0.05) is 35.5 Å². The molecule has 0 saturated carbocycles. The molecule has 1 aromatic carbocycles. The van der Waals surface area contributed by atoms with E-state index in [1.807, 2.05) is 0 Å². The Balaban J connectivity index is 1.77. The molecule has 0 saturated heterocycles. The van der Waals surface area contributed by atoms with E-state index in [1.165, 1.54) is 12.1 Å². The van der Waals surface area contributed by atoms with Crippen molar-refractivity contribution in [3.63, 3.8) is 0 Å². The number of thioether (sulfide) groups is 1. The fourth-order valence-corrected chi connectivity index (χ4v) is 3.58. The molecule has 0 unspecified atom stereocenters. The van der Waals surface area contributed by atoms with Crippen LogP contribution in [-0.4, -0.2) is 30.0 Å². The predicted molar refractivity (Wildman–Crippen MR) is 101 cm³/mol. The highest BCUT2D eigenvalue weighted by Gasteiger charge is 2.15. The summed E-state index contributed by atoms with van der Waals surface area (Å²) >= 11 is 7.16. The minimum absolute atomic E-state index is 0.0643. The van der Waals surface area contributed by atoms with Crippen molar-refractivity contribution in [3.8, 4) is 0 Å². The maximum atomic E-state index is 12.5. The standard InChI is InChI=1S/C17H14ClF2NO4S2/c18-14-7-6-13(26-14)11(22)5-8-16(24)25-9-15(23)21-10-3-1-2-4-12(10)27-17(19)20/h1-4,6-7,17H,5,8-9H2,(H,21,23). The number of Topliss-reactive ketones (excluding diaryl/α,β-unsaturated/α-hetero) is 1. The van der Waals surface area contributed by atoms with Gasteiger partial charge in [-0.25, -0.2) is 0 Å². The van der Waals surface area contributed by atoms with Crippen molar-refractivity contribution >= 4 is 58.0 Å². The molecule has 1 heterocycles. The quantitative estimate of drug-likeness (QED) is 0.347. The van der Waals surface area contributed by atoms with Gasteiger partial charge in [0.2, 0.25) is 0 Å². The van der Waals surface area contributed by atoms with Gasteiger partial charge in [0.05, 0.1) is 21.3 Å². The first-order valence-corrected chi connectivity index (χ1v) is 9.70. The molecule has 144 valence electrons. The number of rotatable bonds is 9. The molecule has 1 N–H and O–H groups in total. The number of benzene rings is 1. The summed E-state index contributed by atoms with van der Waals surface area (Å²) in [4.78, 5) is 36.0. The number of esters is 1. The van der Waals surface area contributed by atoms with Gasteiger partial charge in [-0.05, 0) is 24.3 Å². The van der Waals surface area contributed by atoms with Crippen molar-refractivity contribution in [1.29, 1.82) is 0 Å². The molecule has 0 aliphatic carbocycles. The van der Waals surface area contributed by atoms with Gasteiger partial charge in [0.15, 0.2) is 12.4 Å². The smallest absolute Gasteiger partial charge is 0.306 e. The number of ketones is 1. The molecule has 27 heavy (non-hydrogen) atoms. The van der Waals surface area contributed by atoms with Gasteiger partial charge in [-0.3, -0.25) is 14.4 Å². The SMILES string of the molecule is O=C(COC(=O)CCC(=O)c1ccc(Cl)s1)Nc1ccccc1SC(F)F. The molecule has 0 bridgehead atoms. The highest BCUT2D eigenvalue weighted by Crippen LogP contribution is 2.31. The van der Waals surface area contributed by atoms with Crippen LogP contribution in [-0.2, 0) is 14.3 Å². The molecule has 1 amide bonds. The van der Waals surface area contributed by atoms with E-state index in [0.29, 0.717) is 21.0 Å². The maximum Gasteiger partial charge on any atom is 0.306 e. The van der Waals surface area contributed by atoms with E-state index in [2.05, 4.69) is 5.32 Å². The van der Waals surface area contributed by atoms with Crippen molar-refractivity contribution in [1.82, 2.24) is 0 Å². The number of nitrogens with one attached hydrogen (secondary N) is 1. The van der Waals surface area contributed by atoms with E-state index < -0.39 is 24.2 Å². The van der Waals surface area contributed by atoms with E-state index >= 15 is 0 Å². The van der Waals surface area contributed by atoms with Gasteiger partial charge in [0.1, 0.15) is 0 Å². The van der Waals surface area contributed by atoms with Gasteiger partial charge in [0, 0.05) is 11.3 Å². The third kappa shape index (κ3) is 7.28. The van der Waals surface area contributed by atoms with Gasteiger partial charge >= 0.3 is 5.97 Å². The second-order valence-corrected chi connectivity index (χ2v) is 7.86. The van der Waals surface area contributed by atoms with Crippen LogP contribution < -0.4 is 5.32 Å². The third-order valence-electron chi connectivity index (χ3n) is 3.15. The summed E-state index contributed by atoms with van der Waals surface area (Å²) in [5.41, 5.74) is 0.202. The number of amides is 1. The van der Waals surface area contributed by atoms with Crippen LogP contribution in [0.25, 0.3) is 0 Å². The number of carbonyl (C=O) groups excluding carboxylic acids is 3. The van der Waals surface area contributed by atoms with E-state index in [1.54, 1.807) is 24.3 Å². The summed E-state index contributed by atoms with van der Waals surface area (Å²) in [6.07, 6.45) is -0.245. The molecule has 2 aromatic rings. The molecule has 0 atom stereocenters. The lowest BCUT2D eigenvalue weighted by Gasteiger charge is -2.10. The number of carbonyl (C=O) groups is 3.